The van der Waals surface area contributed by atoms with Gasteiger partial charge in [-0.05, 0) is 23.3 Å². The van der Waals surface area contributed by atoms with Crippen molar-refractivity contribution in [1.82, 2.24) is 0 Å². The number of rotatable bonds is 5. The van der Waals surface area contributed by atoms with Gasteiger partial charge in [0.25, 0.3) is 0 Å². The molecule has 0 spiro atoms. The number of nitrogens with zero attached hydrogens (tertiary/aromatic N) is 1. The molecule has 0 amide bonds. The summed E-state index contributed by atoms with van der Waals surface area (Å²) in [5.74, 6) is -0.250. The van der Waals surface area contributed by atoms with Gasteiger partial charge in [0.1, 0.15) is 0 Å². The van der Waals surface area contributed by atoms with Gasteiger partial charge < -0.3 is 4.74 Å². The van der Waals surface area contributed by atoms with Crippen LogP contribution in [0.1, 0.15) is 12.6 Å². The van der Waals surface area contributed by atoms with Gasteiger partial charge in [-0.1, -0.05) is 48.5 Å². The SMILES string of the molecule is CC(=O)OCC[n+]1c(C)cc(-c2ccccc2)cc1-c1ccccc1.[O-][Cl+3]([O-])([O-])[O-]. The monoisotopic (exact) mass is 431 g/mol. The van der Waals surface area contributed by atoms with Crippen LogP contribution in [0.3, 0.4) is 0 Å². The molecule has 7 nitrogen and oxygen atoms in total. The van der Waals surface area contributed by atoms with E-state index in [-0.39, 0.29) is 5.97 Å². The van der Waals surface area contributed by atoms with Crippen molar-refractivity contribution in [3.05, 3.63) is 78.5 Å². The van der Waals surface area contributed by atoms with E-state index in [0.29, 0.717) is 13.2 Å². The molecule has 0 saturated carbocycles. The Balaban J connectivity index is 0.000000575. The maximum atomic E-state index is 11.1. The van der Waals surface area contributed by atoms with E-state index in [1.165, 1.54) is 18.1 Å². The van der Waals surface area contributed by atoms with Gasteiger partial charge in [0, 0.05) is 31.5 Å². The van der Waals surface area contributed by atoms with Gasteiger partial charge in [-0.25, -0.2) is 18.6 Å². The Bertz CT molecular complexity index is 953. The number of hydrogen-bond donors (Lipinski definition) is 0. The molecule has 0 aliphatic carbocycles. The fraction of sp³-hybridized carbons (Fsp3) is 0.182. The van der Waals surface area contributed by atoms with Gasteiger partial charge in [0.15, 0.2) is 18.8 Å². The molecule has 1 heterocycles. The quantitative estimate of drug-likeness (QED) is 0.393. The van der Waals surface area contributed by atoms with E-state index >= 15 is 0 Å². The highest BCUT2D eigenvalue weighted by atomic mass is 35.7. The highest BCUT2D eigenvalue weighted by molar-refractivity contribution is 5.69. The first-order valence-electron chi connectivity index (χ1n) is 9.05. The molecule has 30 heavy (non-hydrogen) atoms. The van der Waals surface area contributed by atoms with Crippen molar-refractivity contribution in [2.45, 2.75) is 20.4 Å². The molecule has 1 aromatic heterocycles. The van der Waals surface area contributed by atoms with E-state index in [9.17, 15) is 4.79 Å². The van der Waals surface area contributed by atoms with Crippen molar-refractivity contribution in [2.75, 3.05) is 6.61 Å². The summed E-state index contributed by atoms with van der Waals surface area (Å²) in [7, 11) is -4.94. The van der Waals surface area contributed by atoms with Crippen LogP contribution in [0.5, 0.6) is 0 Å². The Morgan fingerprint density at radius 3 is 1.87 bits per heavy atom. The number of aromatic nitrogens is 1. The van der Waals surface area contributed by atoms with Crippen LogP contribution in [0.2, 0.25) is 0 Å². The Kier molecular flexibility index (Phi) is 8.46. The molecule has 3 rings (SSSR count). The van der Waals surface area contributed by atoms with Crippen molar-refractivity contribution in [1.29, 1.82) is 0 Å². The maximum absolute atomic E-state index is 11.1. The molecule has 0 aliphatic heterocycles. The van der Waals surface area contributed by atoms with E-state index in [4.69, 9.17) is 23.4 Å². The Labute approximate surface area is 177 Å². The number of esters is 1. The summed E-state index contributed by atoms with van der Waals surface area (Å²) in [5.41, 5.74) is 5.76. The van der Waals surface area contributed by atoms with Gasteiger partial charge in [-0.3, -0.25) is 4.79 Å². The van der Waals surface area contributed by atoms with Gasteiger partial charge in [0.05, 0.1) is 0 Å². The molecular formula is C22H22ClNO6. The average Bonchev–Trinajstić information content (AvgIpc) is 2.69. The number of halogens is 1. The van der Waals surface area contributed by atoms with Crippen LogP contribution in [0, 0.1) is 17.2 Å². The highest BCUT2D eigenvalue weighted by Gasteiger charge is 2.18. The van der Waals surface area contributed by atoms with Crippen LogP contribution >= 0.6 is 0 Å². The van der Waals surface area contributed by atoms with Crippen LogP contribution < -0.4 is 23.2 Å². The summed E-state index contributed by atoms with van der Waals surface area (Å²) < 4.78 is 41.3. The van der Waals surface area contributed by atoms with Gasteiger partial charge in [0.2, 0.25) is 5.69 Å². The Morgan fingerprint density at radius 2 is 1.37 bits per heavy atom. The van der Waals surface area contributed by atoms with E-state index in [1.807, 2.05) is 24.3 Å². The summed E-state index contributed by atoms with van der Waals surface area (Å²) in [4.78, 5) is 11.1. The number of pyridine rings is 1. The predicted octanol–water partition coefficient (Wildman–Crippen LogP) is -0.576. The minimum absolute atomic E-state index is 0.250. The van der Waals surface area contributed by atoms with Crippen LogP contribution in [0.15, 0.2) is 72.8 Å². The summed E-state index contributed by atoms with van der Waals surface area (Å²) in [6, 6.07) is 25.0. The van der Waals surface area contributed by atoms with Crippen LogP contribution in [-0.2, 0) is 16.1 Å². The highest BCUT2D eigenvalue weighted by Crippen LogP contribution is 2.24. The third-order valence-electron chi connectivity index (χ3n) is 4.17. The normalized spacial score (nSPS) is 10.7. The lowest BCUT2D eigenvalue weighted by molar-refractivity contribution is -2.00. The minimum Gasteiger partial charge on any atom is -0.459 e. The molecule has 0 saturated heterocycles. The van der Waals surface area contributed by atoms with Crippen LogP contribution in [0.25, 0.3) is 22.4 Å². The average molecular weight is 432 g/mol. The lowest BCUT2D eigenvalue weighted by Crippen LogP contribution is -2.68. The number of carbonyl (C=O) groups is 1. The van der Waals surface area contributed by atoms with Gasteiger partial charge >= 0.3 is 5.97 Å². The molecule has 2 aromatic carbocycles. The van der Waals surface area contributed by atoms with Crippen LogP contribution in [-0.4, -0.2) is 12.6 Å². The summed E-state index contributed by atoms with van der Waals surface area (Å²) in [5, 5.41) is 0. The van der Waals surface area contributed by atoms with E-state index < -0.39 is 10.2 Å². The van der Waals surface area contributed by atoms with Gasteiger partial charge in [-0.15, -0.1) is 10.2 Å². The zero-order valence-electron chi connectivity index (χ0n) is 16.6. The van der Waals surface area contributed by atoms with E-state index in [1.54, 1.807) is 0 Å². The van der Waals surface area contributed by atoms with E-state index in [2.05, 4.69) is 60.0 Å². The molecule has 0 N–H and O–H groups in total. The Hall–Kier alpha value is -2.81. The van der Waals surface area contributed by atoms with Crippen molar-refractivity contribution < 1.29 is 43.0 Å². The van der Waals surface area contributed by atoms with Crippen molar-refractivity contribution in [2.24, 2.45) is 0 Å². The first-order valence-corrected chi connectivity index (χ1v) is 10.3. The smallest absolute Gasteiger partial charge is 0.302 e. The van der Waals surface area contributed by atoms with Crippen molar-refractivity contribution >= 4 is 5.97 Å². The Morgan fingerprint density at radius 1 is 0.867 bits per heavy atom. The van der Waals surface area contributed by atoms with Crippen molar-refractivity contribution in [3.8, 4) is 22.4 Å². The zero-order chi connectivity index (χ0) is 22.1. The number of hydrogen-bond acceptors (Lipinski definition) is 6. The number of aryl methyl sites for hydroxylation is 1. The first-order chi connectivity index (χ1) is 14.1. The minimum atomic E-state index is -4.94. The molecule has 3 aromatic rings. The topological polar surface area (TPSA) is 122 Å². The molecular weight excluding hydrogens is 410 g/mol. The molecule has 0 bridgehead atoms. The fourth-order valence-electron chi connectivity index (χ4n) is 2.98. The lowest BCUT2D eigenvalue weighted by atomic mass is 10.0. The number of carbonyl (C=O) groups excluding carboxylic acids is 1. The number of benzene rings is 2. The standard InChI is InChI=1S/C22H22NO2.ClHO4/c1-17-15-21(19-9-5-3-6-10-19)16-22(20-11-7-4-8-12-20)23(17)13-14-25-18(2)24;2-1(3,4)5/h3-12,15-16H,13-14H2,1-2H3;(H,2,3,4,5)/q+1;/p-1. The molecule has 0 aliphatic rings. The molecule has 158 valence electrons. The maximum Gasteiger partial charge on any atom is 0.302 e. The second-order valence-corrected chi connectivity index (χ2v) is 7.13. The van der Waals surface area contributed by atoms with Gasteiger partial charge in [-0.2, -0.15) is 4.57 Å². The van der Waals surface area contributed by atoms with Crippen molar-refractivity contribution in [3.63, 3.8) is 0 Å². The second-order valence-electron chi connectivity index (χ2n) is 6.37. The predicted molar refractivity (Wildman–Crippen MR) is 98.9 cm³/mol. The third-order valence-corrected chi connectivity index (χ3v) is 4.17. The first kappa shape index (κ1) is 23.5. The third kappa shape index (κ3) is 7.90. The molecule has 8 heteroatoms. The zero-order valence-corrected chi connectivity index (χ0v) is 17.4. The summed E-state index contributed by atoms with van der Waals surface area (Å²) in [6.07, 6.45) is 0. The fourth-order valence-corrected chi connectivity index (χ4v) is 2.98. The molecule has 0 fully saturated rings. The molecule has 0 unspecified atom stereocenters. The van der Waals surface area contributed by atoms with Crippen LogP contribution in [0.4, 0.5) is 0 Å². The largest absolute Gasteiger partial charge is 0.459 e. The summed E-state index contributed by atoms with van der Waals surface area (Å²) in [6.45, 7) is 4.52. The lowest BCUT2D eigenvalue weighted by Gasteiger charge is -2.17. The molecule has 0 atom stereocenters. The molecule has 0 radical (unpaired) electrons. The number of ether oxygens (including phenoxy) is 1. The van der Waals surface area contributed by atoms with E-state index in [0.717, 1.165) is 17.0 Å². The summed E-state index contributed by atoms with van der Waals surface area (Å²) >= 11 is 0. The second kappa shape index (κ2) is 10.8.